The van der Waals surface area contributed by atoms with Crippen molar-refractivity contribution >= 4 is 75.1 Å². The SMILES string of the molecule is CC(=O)n1cc(-c2cc[n+]3c(c2)C(C)(C)c2cc(S(=O)(=O)CCCSSCCNS(=O)(=O)c4ccc5c(c4)C(C)(C)c4cc(-c6cn(C(C)=O)c7ccccc67)cc[n+]4-5)ccc2-3)c2ccccc21. The maximum absolute atomic E-state index is 13.7. The molecule has 0 bridgehead atoms. The van der Waals surface area contributed by atoms with Gasteiger partial charge in [0.25, 0.3) is 0 Å². The molecule has 4 aromatic carbocycles. The first kappa shape index (κ1) is 45.9. The molecule has 0 aliphatic carbocycles. The highest BCUT2D eigenvalue weighted by molar-refractivity contribution is 8.76. The molecule has 0 unspecified atom stereocenters. The van der Waals surface area contributed by atoms with Crippen LogP contribution in [-0.2, 0) is 30.7 Å². The van der Waals surface area contributed by atoms with Crippen molar-refractivity contribution in [2.75, 3.05) is 23.8 Å². The maximum atomic E-state index is 13.7. The van der Waals surface area contributed by atoms with Crippen molar-refractivity contribution in [1.82, 2.24) is 13.9 Å². The van der Waals surface area contributed by atoms with Crippen LogP contribution < -0.4 is 13.9 Å². The molecule has 10 rings (SSSR count). The van der Waals surface area contributed by atoms with E-state index < -0.39 is 30.7 Å². The van der Waals surface area contributed by atoms with Crippen LogP contribution in [0.15, 0.2) is 144 Å². The number of aromatic nitrogens is 4. The van der Waals surface area contributed by atoms with Gasteiger partial charge in [-0.2, -0.15) is 9.13 Å². The van der Waals surface area contributed by atoms with Crippen LogP contribution in [0.1, 0.15) is 80.1 Å². The number of hydrogen-bond donors (Lipinski definition) is 1. The first-order valence-corrected chi connectivity index (χ1v) is 28.1. The lowest BCUT2D eigenvalue weighted by Crippen LogP contribution is -2.34. The van der Waals surface area contributed by atoms with Crippen LogP contribution in [0.2, 0.25) is 0 Å². The number of rotatable bonds is 13. The van der Waals surface area contributed by atoms with Crippen molar-refractivity contribution in [2.45, 2.75) is 68.6 Å². The summed E-state index contributed by atoms with van der Waals surface area (Å²) < 4.78 is 64.9. The molecule has 0 saturated heterocycles. The molecular formula is C53H51N5O6S4+2. The molecule has 2 aliphatic rings. The topological polar surface area (TPSA) is 132 Å². The molecule has 4 aromatic heterocycles. The van der Waals surface area contributed by atoms with Gasteiger partial charge in [-0.15, -0.1) is 0 Å². The van der Waals surface area contributed by atoms with Gasteiger partial charge in [0.2, 0.25) is 33.2 Å². The lowest BCUT2D eigenvalue weighted by molar-refractivity contribution is -0.600. The normalized spacial score (nSPS) is 14.5. The predicted octanol–water partition coefficient (Wildman–Crippen LogP) is 9.61. The number of benzene rings is 4. The lowest BCUT2D eigenvalue weighted by atomic mass is 9.82. The van der Waals surface area contributed by atoms with E-state index in [0.29, 0.717) is 22.8 Å². The van der Waals surface area contributed by atoms with E-state index in [1.807, 2.05) is 104 Å². The average Bonchev–Trinajstić information content (AvgIpc) is 4.03. The van der Waals surface area contributed by atoms with Gasteiger partial charge < -0.3 is 0 Å². The van der Waals surface area contributed by atoms with Crippen molar-refractivity contribution in [3.8, 4) is 33.6 Å². The number of fused-ring (bicyclic) bond motifs is 8. The Balaban J connectivity index is 0.736. The zero-order chi connectivity index (χ0) is 47.9. The van der Waals surface area contributed by atoms with Gasteiger partial charge in [0.15, 0.2) is 33.6 Å². The van der Waals surface area contributed by atoms with Crippen LogP contribution in [0.4, 0.5) is 0 Å². The Morgan fingerprint density at radius 3 is 1.59 bits per heavy atom. The van der Waals surface area contributed by atoms with E-state index in [2.05, 4.69) is 53.7 Å². The quantitative estimate of drug-likeness (QED) is 0.0687. The molecular weight excluding hydrogens is 931 g/mol. The van der Waals surface area contributed by atoms with Gasteiger partial charge in [-0.05, 0) is 81.6 Å². The van der Waals surface area contributed by atoms with Crippen LogP contribution in [-0.4, -0.2) is 61.6 Å². The summed E-state index contributed by atoms with van der Waals surface area (Å²) >= 11 is 0. The monoisotopic (exact) mass is 981 g/mol. The van der Waals surface area contributed by atoms with Crippen LogP contribution in [0, 0.1) is 0 Å². The summed E-state index contributed by atoms with van der Waals surface area (Å²) in [6.07, 6.45) is 8.26. The molecule has 68 heavy (non-hydrogen) atoms. The zero-order valence-electron chi connectivity index (χ0n) is 38.6. The second kappa shape index (κ2) is 17.0. The van der Waals surface area contributed by atoms with Gasteiger partial charge in [0.05, 0.1) is 37.4 Å². The average molecular weight is 982 g/mol. The number of hydrogen-bond acceptors (Lipinski definition) is 8. The molecule has 8 aromatic rings. The van der Waals surface area contributed by atoms with E-state index in [9.17, 15) is 26.4 Å². The largest absolute Gasteiger partial charge is 0.287 e. The third kappa shape index (κ3) is 7.72. The summed E-state index contributed by atoms with van der Waals surface area (Å²) in [6.45, 7) is 11.7. The molecule has 0 radical (unpaired) electrons. The van der Waals surface area contributed by atoms with Crippen molar-refractivity contribution in [3.05, 3.63) is 156 Å². The minimum absolute atomic E-state index is 0.000705. The second-order valence-electron chi connectivity index (χ2n) is 18.6. The number of carbonyl (C=O) groups is 2. The van der Waals surface area contributed by atoms with Crippen LogP contribution >= 0.6 is 21.6 Å². The molecule has 11 nitrogen and oxygen atoms in total. The van der Waals surface area contributed by atoms with Crippen molar-refractivity contribution in [1.29, 1.82) is 0 Å². The van der Waals surface area contributed by atoms with E-state index in [1.165, 1.54) is 21.6 Å². The summed E-state index contributed by atoms with van der Waals surface area (Å²) in [4.78, 5) is 25.4. The van der Waals surface area contributed by atoms with Gasteiger partial charge in [0, 0.05) is 114 Å². The third-order valence-corrected chi connectivity index (χ3v) is 19.3. The van der Waals surface area contributed by atoms with Crippen LogP contribution in [0.5, 0.6) is 0 Å². The molecule has 346 valence electrons. The van der Waals surface area contributed by atoms with E-state index in [1.54, 1.807) is 41.2 Å². The molecule has 0 saturated carbocycles. The van der Waals surface area contributed by atoms with Gasteiger partial charge >= 0.3 is 0 Å². The summed E-state index contributed by atoms with van der Waals surface area (Å²) in [5, 5.41) is 1.97. The zero-order valence-corrected chi connectivity index (χ0v) is 41.9. The molecule has 0 fully saturated rings. The van der Waals surface area contributed by atoms with E-state index in [-0.39, 0.29) is 29.0 Å². The summed E-state index contributed by atoms with van der Waals surface area (Å²) in [6, 6.07) is 34.8. The Morgan fingerprint density at radius 2 is 1.07 bits per heavy atom. The number of pyridine rings is 2. The molecule has 0 spiro atoms. The highest BCUT2D eigenvalue weighted by Gasteiger charge is 2.46. The van der Waals surface area contributed by atoms with Gasteiger partial charge in [0.1, 0.15) is 0 Å². The Hall–Kier alpha value is -5.84. The highest BCUT2D eigenvalue weighted by atomic mass is 33.1. The Bertz CT molecular complexity index is 3410. The van der Waals surface area contributed by atoms with Gasteiger partial charge in [-0.25, -0.2) is 21.6 Å². The summed E-state index contributed by atoms with van der Waals surface area (Å²) in [7, 11) is -4.34. The number of sulfone groups is 1. The lowest BCUT2D eigenvalue weighted by Gasteiger charge is -2.16. The Labute approximate surface area is 404 Å². The van der Waals surface area contributed by atoms with E-state index in [0.717, 1.165) is 77.9 Å². The van der Waals surface area contributed by atoms with Crippen LogP contribution in [0.25, 0.3) is 55.4 Å². The first-order valence-electron chi connectivity index (χ1n) is 22.5. The van der Waals surface area contributed by atoms with E-state index in [4.69, 9.17) is 0 Å². The number of nitrogens with zero attached hydrogens (tertiary/aromatic N) is 4. The van der Waals surface area contributed by atoms with Crippen LogP contribution in [0.3, 0.4) is 0 Å². The maximum Gasteiger partial charge on any atom is 0.240 e. The first-order chi connectivity index (χ1) is 32.4. The van der Waals surface area contributed by atoms with Crippen molar-refractivity contribution in [2.24, 2.45) is 0 Å². The predicted molar refractivity (Wildman–Crippen MR) is 271 cm³/mol. The van der Waals surface area contributed by atoms with E-state index >= 15 is 0 Å². The van der Waals surface area contributed by atoms with Gasteiger partial charge in [-0.1, -0.05) is 58.0 Å². The second-order valence-corrected chi connectivity index (χ2v) is 25.1. The summed E-state index contributed by atoms with van der Waals surface area (Å²) in [5.74, 6) is 0.983. The fraction of sp³-hybridized carbons (Fsp3) is 0.245. The van der Waals surface area contributed by atoms with Crippen molar-refractivity contribution < 1.29 is 35.6 Å². The third-order valence-electron chi connectivity index (χ3n) is 13.6. The highest BCUT2D eigenvalue weighted by Crippen LogP contribution is 2.43. The number of carbonyl (C=O) groups excluding carboxylic acids is 2. The molecule has 0 amide bonds. The van der Waals surface area contributed by atoms with Gasteiger partial charge in [-0.3, -0.25) is 18.7 Å². The fourth-order valence-corrected chi connectivity index (χ4v) is 14.7. The number of para-hydroxylation sites is 2. The smallest absolute Gasteiger partial charge is 0.240 e. The standard InChI is InChI=1S/C53H51N5O6S4/c1-34(59)57-32-42(40-12-7-9-14-46(40)57)36-20-23-55-48-18-16-38(30-44(48)52(3,4)50(55)28-36)67(61,62)27-11-25-65-66-26-22-54-68(63,64)39-17-19-49-45(31-39)53(5,6)51-29-37(21-24-56(49)51)43-33-58(35(2)60)47-15-10-8-13-41(43)47/h7-10,12-21,23-24,28-33,54H,11,22,25-27H2,1-6H3/q+2. The Kier molecular flexibility index (Phi) is 11.5. The molecule has 0 atom stereocenters. The summed E-state index contributed by atoms with van der Waals surface area (Å²) in [5.41, 5.74) is 10.3. The van der Waals surface area contributed by atoms with Crippen molar-refractivity contribution in [3.63, 3.8) is 0 Å². The minimum atomic E-state index is -3.81. The Morgan fingerprint density at radius 1 is 0.603 bits per heavy atom. The minimum Gasteiger partial charge on any atom is -0.287 e. The number of sulfonamides is 1. The molecule has 15 heteroatoms. The molecule has 6 heterocycles. The molecule has 1 N–H and O–H groups in total. The number of nitrogens with one attached hydrogen (secondary N) is 1. The molecule has 2 aliphatic heterocycles. The fourth-order valence-electron chi connectivity index (χ4n) is 9.99.